The van der Waals surface area contributed by atoms with Gasteiger partial charge in [-0.1, -0.05) is 48.9 Å². The number of amides is 1. The number of carbonyl (C=O) groups is 1. The topological polar surface area (TPSA) is 78.3 Å². The van der Waals surface area contributed by atoms with Crippen LogP contribution < -0.4 is 10.1 Å². The molecular formula is C27H28N4O3. The van der Waals surface area contributed by atoms with E-state index in [4.69, 9.17) is 9.47 Å². The Balaban J connectivity index is 1.56. The molecule has 0 radical (unpaired) electrons. The fraction of sp³-hybridized carbons (Fsp3) is 0.222. The van der Waals surface area contributed by atoms with Crippen molar-refractivity contribution in [2.24, 2.45) is 0 Å². The van der Waals surface area contributed by atoms with Crippen molar-refractivity contribution in [1.29, 1.82) is 0 Å². The van der Waals surface area contributed by atoms with Crippen LogP contribution in [0.25, 0.3) is 17.1 Å². The smallest absolute Gasteiger partial charge is 0.336 e. The number of ether oxygens (including phenoxy) is 2. The molecule has 34 heavy (non-hydrogen) atoms. The van der Waals surface area contributed by atoms with Crippen LogP contribution in [-0.4, -0.2) is 41.0 Å². The molecule has 0 fully saturated rings. The van der Waals surface area contributed by atoms with Gasteiger partial charge in [0, 0.05) is 23.9 Å². The fourth-order valence-electron chi connectivity index (χ4n) is 3.42. The van der Waals surface area contributed by atoms with Crippen molar-refractivity contribution in [3.63, 3.8) is 0 Å². The van der Waals surface area contributed by atoms with Crippen LogP contribution in [0.5, 0.6) is 6.01 Å². The quantitative estimate of drug-likeness (QED) is 0.355. The molecule has 7 nitrogen and oxygen atoms in total. The first-order valence-electron chi connectivity index (χ1n) is 11.2. The molecule has 0 aliphatic heterocycles. The average molecular weight is 457 g/mol. The van der Waals surface area contributed by atoms with Gasteiger partial charge in [0.1, 0.15) is 6.61 Å². The molecule has 0 aliphatic rings. The predicted octanol–water partition coefficient (Wildman–Crippen LogP) is 5.08. The Kier molecular flexibility index (Phi) is 7.34. The molecule has 0 bridgehead atoms. The molecule has 0 unspecified atom stereocenters. The number of methoxy groups -OCH3 is 1. The van der Waals surface area contributed by atoms with Crippen LogP contribution in [0.4, 0.5) is 5.69 Å². The third kappa shape index (κ3) is 5.50. The van der Waals surface area contributed by atoms with Crippen molar-refractivity contribution in [3.8, 4) is 23.1 Å². The van der Waals surface area contributed by atoms with E-state index in [1.165, 1.54) is 5.56 Å². The lowest BCUT2D eigenvalue weighted by Crippen LogP contribution is -2.12. The molecule has 1 heterocycles. The van der Waals surface area contributed by atoms with Crippen molar-refractivity contribution < 1.29 is 14.3 Å². The highest BCUT2D eigenvalue weighted by atomic mass is 16.5. The van der Waals surface area contributed by atoms with Crippen LogP contribution >= 0.6 is 0 Å². The summed E-state index contributed by atoms with van der Waals surface area (Å²) < 4.78 is 12.4. The van der Waals surface area contributed by atoms with E-state index in [0.717, 1.165) is 23.2 Å². The van der Waals surface area contributed by atoms with Gasteiger partial charge in [-0.2, -0.15) is 4.98 Å². The minimum atomic E-state index is -0.148. The number of hydrogen-bond acceptors (Lipinski definition) is 5. The van der Waals surface area contributed by atoms with E-state index in [0.29, 0.717) is 30.3 Å². The van der Waals surface area contributed by atoms with Crippen molar-refractivity contribution in [2.75, 3.05) is 25.6 Å². The summed E-state index contributed by atoms with van der Waals surface area (Å²) in [4.78, 5) is 17.2. The van der Waals surface area contributed by atoms with Gasteiger partial charge >= 0.3 is 6.01 Å². The van der Waals surface area contributed by atoms with Crippen LogP contribution in [0.2, 0.25) is 0 Å². The van der Waals surface area contributed by atoms with Crippen molar-refractivity contribution in [1.82, 2.24) is 14.8 Å². The van der Waals surface area contributed by atoms with Gasteiger partial charge in [0.2, 0.25) is 0 Å². The molecule has 0 saturated carbocycles. The van der Waals surface area contributed by atoms with Gasteiger partial charge in [0.25, 0.3) is 5.91 Å². The number of nitrogens with zero attached hydrogens (tertiary/aromatic N) is 3. The Hall–Kier alpha value is -3.97. The van der Waals surface area contributed by atoms with Crippen LogP contribution in [-0.2, 0) is 11.2 Å². The zero-order valence-corrected chi connectivity index (χ0v) is 19.6. The zero-order chi connectivity index (χ0) is 23.9. The minimum absolute atomic E-state index is 0.148. The van der Waals surface area contributed by atoms with E-state index in [-0.39, 0.29) is 11.9 Å². The first-order valence-corrected chi connectivity index (χ1v) is 11.2. The first kappa shape index (κ1) is 23.2. The molecule has 0 atom stereocenters. The maximum absolute atomic E-state index is 12.6. The van der Waals surface area contributed by atoms with Crippen molar-refractivity contribution >= 4 is 11.6 Å². The second-order valence-electron chi connectivity index (χ2n) is 7.89. The molecule has 0 saturated heterocycles. The molecule has 4 rings (SSSR count). The number of carbonyl (C=O) groups excluding carboxylic acids is 1. The van der Waals surface area contributed by atoms with Gasteiger partial charge < -0.3 is 14.8 Å². The number of benzene rings is 3. The number of aromatic nitrogens is 3. The lowest BCUT2D eigenvalue weighted by atomic mass is 10.1. The predicted molar refractivity (Wildman–Crippen MR) is 133 cm³/mol. The Morgan fingerprint density at radius 2 is 1.65 bits per heavy atom. The molecule has 3 aromatic carbocycles. The molecular weight excluding hydrogens is 428 g/mol. The maximum Gasteiger partial charge on any atom is 0.336 e. The van der Waals surface area contributed by atoms with Gasteiger partial charge in [0.15, 0.2) is 5.82 Å². The third-order valence-electron chi connectivity index (χ3n) is 5.41. The highest BCUT2D eigenvalue weighted by molar-refractivity contribution is 6.04. The van der Waals surface area contributed by atoms with E-state index in [1.54, 1.807) is 11.8 Å². The van der Waals surface area contributed by atoms with Gasteiger partial charge in [-0.25, -0.2) is 4.68 Å². The molecule has 0 aliphatic carbocycles. The maximum atomic E-state index is 12.6. The first-order chi connectivity index (χ1) is 16.6. The van der Waals surface area contributed by atoms with Crippen LogP contribution in [0.1, 0.15) is 28.4 Å². The molecule has 174 valence electrons. The number of anilines is 1. The van der Waals surface area contributed by atoms with Gasteiger partial charge in [0.05, 0.1) is 12.3 Å². The standard InChI is InChI=1S/C27H28N4O3/c1-4-20-7-11-22(12-8-20)26(32)28-23-13-15-24(16-14-23)31-25(21-9-5-19(2)6-10-21)29-27(30-31)34-18-17-33-3/h5-16H,4,17-18H2,1-3H3,(H,28,32). The number of aryl methyl sites for hydroxylation is 2. The van der Waals surface area contributed by atoms with E-state index >= 15 is 0 Å². The molecule has 1 N–H and O–H groups in total. The largest absolute Gasteiger partial charge is 0.460 e. The van der Waals surface area contributed by atoms with Gasteiger partial charge in [-0.3, -0.25) is 4.79 Å². The summed E-state index contributed by atoms with van der Waals surface area (Å²) in [6.07, 6.45) is 0.940. The molecule has 7 heteroatoms. The summed E-state index contributed by atoms with van der Waals surface area (Å²) in [5, 5.41) is 7.49. The summed E-state index contributed by atoms with van der Waals surface area (Å²) in [5.74, 6) is 0.519. The van der Waals surface area contributed by atoms with Gasteiger partial charge in [-0.15, -0.1) is 5.10 Å². The second kappa shape index (κ2) is 10.8. The Morgan fingerprint density at radius 3 is 2.29 bits per heavy atom. The number of hydrogen-bond donors (Lipinski definition) is 1. The Bertz CT molecular complexity index is 1230. The fourth-order valence-corrected chi connectivity index (χ4v) is 3.42. The second-order valence-corrected chi connectivity index (χ2v) is 7.89. The minimum Gasteiger partial charge on any atom is -0.460 e. The summed E-state index contributed by atoms with van der Waals surface area (Å²) in [7, 11) is 1.62. The zero-order valence-electron chi connectivity index (χ0n) is 19.6. The van der Waals surface area contributed by atoms with E-state index < -0.39 is 0 Å². The SMILES string of the molecule is CCc1ccc(C(=O)Nc2ccc(-n3nc(OCCOC)nc3-c3ccc(C)cc3)cc2)cc1. The molecule has 0 spiro atoms. The van der Waals surface area contributed by atoms with Crippen LogP contribution in [0.3, 0.4) is 0 Å². The van der Waals surface area contributed by atoms with Crippen molar-refractivity contribution in [2.45, 2.75) is 20.3 Å². The number of nitrogens with one attached hydrogen (secondary N) is 1. The monoisotopic (exact) mass is 456 g/mol. The Morgan fingerprint density at radius 1 is 0.941 bits per heavy atom. The molecule has 4 aromatic rings. The van der Waals surface area contributed by atoms with Crippen LogP contribution in [0.15, 0.2) is 72.8 Å². The normalized spacial score (nSPS) is 10.8. The summed E-state index contributed by atoms with van der Waals surface area (Å²) in [6, 6.07) is 23.5. The Labute approximate surface area is 199 Å². The summed E-state index contributed by atoms with van der Waals surface area (Å²) in [6.45, 7) is 4.94. The molecule has 1 aromatic heterocycles. The summed E-state index contributed by atoms with van der Waals surface area (Å²) in [5.41, 5.74) is 5.40. The van der Waals surface area contributed by atoms with Gasteiger partial charge in [-0.05, 0) is 55.3 Å². The molecule has 1 amide bonds. The lowest BCUT2D eigenvalue weighted by Gasteiger charge is -2.09. The van der Waals surface area contributed by atoms with Crippen LogP contribution in [0, 0.1) is 6.92 Å². The average Bonchev–Trinajstić information content (AvgIpc) is 3.29. The highest BCUT2D eigenvalue weighted by Crippen LogP contribution is 2.25. The number of rotatable bonds is 9. The van der Waals surface area contributed by atoms with Crippen molar-refractivity contribution in [3.05, 3.63) is 89.5 Å². The van der Waals surface area contributed by atoms with E-state index in [2.05, 4.69) is 22.3 Å². The summed E-state index contributed by atoms with van der Waals surface area (Å²) >= 11 is 0. The van der Waals surface area contributed by atoms with E-state index in [1.807, 2.05) is 79.7 Å². The third-order valence-corrected chi connectivity index (χ3v) is 5.41. The lowest BCUT2D eigenvalue weighted by molar-refractivity contribution is 0.102. The highest BCUT2D eigenvalue weighted by Gasteiger charge is 2.15. The van der Waals surface area contributed by atoms with E-state index in [9.17, 15) is 4.79 Å².